The molecule has 1 saturated heterocycles. The van der Waals surface area contributed by atoms with E-state index < -0.39 is 0 Å². The molecule has 0 aromatic heterocycles. The number of rotatable bonds is 5. The molecule has 2 aromatic rings. The SMILES string of the molecule is CC(=O)Nc1ccc(NC(=O)[C@@H]2CC(=O)N(Cc3ccccc3)C2)cc1. The van der Waals surface area contributed by atoms with E-state index in [-0.39, 0.29) is 30.1 Å². The van der Waals surface area contributed by atoms with Gasteiger partial charge in [0.05, 0.1) is 5.92 Å². The summed E-state index contributed by atoms with van der Waals surface area (Å²) in [7, 11) is 0. The van der Waals surface area contributed by atoms with Crippen LogP contribution in [0.1, 0.15) is 18.9 Å². The van der Waals surface area contributed by atoms with Crippen molar-refractivity contribution < 1.29 is 14.4 Å². The van der Waals surface area contributed by atoms with Gasteiger partial charge in [-0.1, -0.05) is 30.3 Å². The lowest BCUT2D eigenvalue weighted by Gasteiger charge is -2.16. The van der Waals surface area contributed by atoms with Crippen molar-refractivity contribution in [1.82, 2.24) is 4.90 Å². The van der Waals surface area contributed by atoms with Crippen LogP contribution in [-0.2, 0) is 20.9 Å². The van der Waals surface area contributed by atoms with Gasteiger partial charge in [0, 0.05) is 37.8 Å². The minimum Gasteiger partial charge on any atom is -0.338 e. The molecule has 0 aliphatic carbocycles. The molecule has 134 valence electrons. The van der Waals surface area contributed by atoms with Gasteiger partial charge in [0.2, 0.25) is 17.7 Å². The van der Waals surface area contributed by atoms with Crippen LogP contribution >= 0.6 is 0 Å². The first-order valence-corrected chi connectivity index (χ1v) is 8.51. The highest BCUT2D eigenvalue weighted by Gasteiger charge is 2.34. The first-order valence-electron chi connectivity index (χ1n) is 8.51. The van der Waals surface area contributed by atoms with Gasteiger partial charge in [0.1, 0.15) is 0 Å². The number of benzene rings is 2. The van der Waals surface area contributed by atoms with E-state index in [1.54, 1.807) is 29.2 Å². The summed E-state index contributed by atoms with van der Waals surface area (Å²) in [4.78, 5) is 37.4. The van der Waals surface area contributed by atoms with Crippen molar-refractivity contribution in [1.29, 1.82) is 0 Å². The molecule has 1 heterocycles. The molecule has 2 N–H and O–H groups in total. The molecule has 1 aliphatic heterocycles. The number of amides is 3. The monoisotopic (exact) mass is 351 g/mol. The van der Waals surface area contributed by atoms with Gasteiger partial charge in [0.25, 0.3) is 0 Å². The summed E-state index contributed by atoms with van der Waals surface area (Å²) in [6.45, 7) is 2.38. The van der Waals surface area contributed by atoms with Gasteiger partial charge >= 0.3 is 0 Å². The van der Waals surface area contributed by atoms with E-state index in [0.29, 0.717) is 24.5 Å². The van der Waals surface area contributed by atoms with E-state index in [1.807, 2.05) is 30.3 Å². The summed E-state index contributed by atoms with van der Waals surface area (Å²) in [6.07, 6.45) is 0.225. The molecule has 1 aliphatic rings. The lowest BCUT2D eigenvalue weighted by atomic mass is 10.1. The highest BCUT2D eigenvalue weighted by molar-refractivity contribution is 5.97. The minimum absolute atomic E-state index is 0.00462. The van der Waals surface area contributed by atoms with Gasteiger partial charge in [-0.15, -0.1) is 0 Å². The second-order valence-corrected chi connectivity index (χ2v) is 6.41. The van der Waals surface area contributed by atoms with Crippen LogP contribution in [0.2, 0.25) is 0 Å². The number of likely N-dealkylation sites (tertiary alicyclic amines) is 1. The van der Waals surface area contributed by atoms with Gasteiger partial charge < -0.3 is 15.5 Å². The first-order chi connectivity index (χ1) is 12.5. The number of hydrogen-bond donors (Lipinski definition) is 2. The number of carbonyl (C=O) groups excluding carboxylic acids is 3. The fourth-order valence-corrected chi connectivity index (χ4v) is 2.99. The number of nitrogens with zero attached hydrogens (tertiary/aromatic N) is 1. The van der Waals surface area contributed by atoms with Crippen LogP contribution in [0.25, 0.3) is 0 Å². The molecule has 2 aromatic carbocycles. The largest absolute Gasteiger partial charge is 0.338 e. The highest BCUT2D eigenvalue weighted by Crippen LogP contribution is 2.22. The molecule has 3 rings (SSSR count). The third-order valence-corrected chi connectivity index (χ3v) is 4.27. The fraction of sp³-hybridized carbons (Fsp3) is 0.250. The van der Waals surface area contributed by atoms with Gasteiger partial charge in [-0.25, -0.2) is 0 Å². The zero-order chi connectivity index (χ0) is 18.5. The predicted molar refractivity (Wildman–Crippen MR) is 99.3 cm³/mol. The van der Waals surface area contributed by atoms with Crippen LogP contribution in [0.4, 0.5) is 11.4 Å². The normalized spacial score (nSPS) is 16.4. The smallest absolute Gasteiger partial charge is 0.229 e. The van der Waals surface area contributed by atoms with E-state index in [0.717, 1.165) is 5.56 Å². The zero-order valence-electron chi connectivity index (χ0n) is 14.6. The molecule has 0 saturated carbocycles. The van der Waals surface area contributed by atoms with E-state index in [9.17, 15) is 14.4 Å². The number of hydrogen-bond acceptors (Lipinski definition) is 3. The maximum absolute atomic E-state index is 12.5. The topological polar surface area (TPSA) is 78.5 Å². The van der Waals surface area contributed by atoms with E-state index in [2.05, 4.69) is 10.6 Å². The summed E-state index contributed by atoms with van der Waals surface area (Å²) in [5.41, 5.74) is 2.36. The maximum atomic E-state index is 12.5. The van der Waals surface area contributed by atoms with Crippen molar-refractivity contribution in [2.75, 3.05) is 17.2 Å². The van der Waals surface area contributed by atoms with E-state index in [4.69, 9.17) is 0 Å². The van der Waals surface area contributed by atoms with Crippen LogP contribution in [0, 0.1) is 5.92 Å². The Bertz CT molecular complexity index is 803. The molecule has 3 amide bonds. The number of anilines is 2. The number of nitrogens with one attached hydrogen (secondary N) is 2. The summed E-state index contributed by atoms with van der Waals surface area (Å²) >= 11 is 0. The predicted octanol–water partition coefficient (Wildman–Crippen LogP) is 2.63. The average molecular weight is 351 g/mol. The Hall–Kier alpha value is -3.15. The molecular weight excluding hydrogens is 330 g/mol. The molecule has 26 heavy (non-hydrogen) atoms. The molecule has 0 bridgehead atoms. The third-order valence-electron chi connectivity index (χ3n) is 4.27. The Balaban J connectivity index is 1.57. The highest BCUT2D eigenvalue weighted by atomic mass is 16.2. The van der Waals surface area contributed by atoms with Gasteiger partial charge in [-0.2, -0.15) is 0 Å². The summed E-state index contributed by atoms with van der Waals surface area (Å²) in [5, 5.41) is 5.51. The van der Waals surface area contributed by atoms with Gasteiger partial charge in [-0.3, -0.25) is 14.4 Å². The Morgan fingerprint density at radius 1 is 1.00 bits per heavy atom. The van der Waals surface area contributed by atoms with Crippen LogP contribution in [0.3, 0.4) is 0 Å². The van der Waals surface area contributed by atoms with Crippen molar-refractivity contribution in [3.63, 3.8) is 0 Å². The fourth-order valence-electron chi connectivity index (χ4n) is 2.99. The van der Waals surface area contributed by atoms with Crippen molar-refractivity contribution in [3.8, 4) is 0 Å². The Labute approximate surface area is 152 Å². The van der Waals surface area contributed by atoms with Gasteiger partial charge in [-0.05, 0) is 29.8 Å². The van der Waals surface area contributed by atoms with Crippen molar-refractivity contribution in [3.05, 3.63) is 60.2 Å². The van der Waals surface area contributed by atoms with Gasteiger partial charge in [0.15, 0.2) is 0 Å². The lowest BCUT2D eigenvalue weighted by Crippen LogP contribution is -2.28. The maximum Gasteiger partial charge on any atom is 0.229 e. The van der Waals surface area contributed by atoms with Crippen molar-refractivity contribution in [2.45, 2.75) is 19.9 Å². The molecule has 1 atom stereocenters. The zero-order valence-corrected chi connectivity index (χ0v) is 14.6. The third kappa shape index (κ3) is 4.47. The summed E-state index contributed by atoms with van der Waals surface area (Å²) < 4.78 is 0. The molecular formula is C20H21N3O3. The standard InChI is InChI=1S/C20H21N3O3/c1-14(24)21-17-7-9-18(10-8-17)22-20(26)16-11-19(25)23(13-16)12-15-5-3-2-4-6-15/h2-10,16H,11-13H2,1H3,(H,21,24)(H,22,26)/t16-/m1/s1. The van der Waals surface area contributed by atoms with Crippen LogP contribution in [-0.4, -0.2) is 29.2 Å². The molecule has 6 heteroatoms. The quantitative estimate of drug-likeness (QED) is 0.869. The Morgan fingerprint density at radius 2 is 1.62 bits per heavy atom. The van der Waals surface area contributed by atoms with Crippen molar-refractivity contribution >= 4 is 29.1 Å². The second-order valence-electron chi connectivity index (χ2n) is 6.41. The molecule has 0 unspecified atom stereocenters. The lowest BCUT2D eigenvalue weighted by molar-refractivity contribution is -0.128. The Morgan fingerprint density at radius 3 is 2.23 bits per heavy atom. The van der Waals surface area contributed by atoms with Crippen LogP contribution in [0.15, 0.2) is 54.6 Å². The van der Waals surface area contributed by atoms with Crippen LogP contribution in [0.5, 0.6) is 0 Å². The molecule has 6 nitrogen and oxygen atoms in total. The summed E-state index contributed by atoms with van der Waals surface area (Å²) in [6, 6.07) is 16.6. The summed E-state index contributed by atoms with van der Waals surface area (Å²) in [5.74, 6) is -0.679. The Kier molecular flexibility index (Phi) is 5.31. The van der Waals surface area contributed by atoms with Crippen LogP contribution < -0.4 is 10.6 Å². The average Bonchev–Trinajstić information content (AvgIpc) is 2.98. The second kappa shape index (κ2) is 7.82. The number of carbonyl (C=O) groups is 3. The van der Waals surface area contributed by atoms with E-state index >= 15 is 0 Å². The molecule has 1 fully saturated rings. The minimum atomic E-state index is -0.360. The molecule has 0 radical (unpaired) electrons. The first kappa shape index (κ1) is 17.7. The van der Waals surface area contributed by atoms with E-state index in [1.165, 1.54) is 6.92 Å². The molecule has 0 spiro atoms. The van der Waals surface area contributed by atoms with Crippen molar-refractivity contribution in [2.24, 2.45) is 5.92 Å².